The molecule has 0 heterocycles. The van der Waals surface area contributed by atoms with Crippen molar-refractivity contribution in [1.29, 1.82) is 0 Å². The maximum absolute atomic E-state index is 12.6. The lowest BCUT2D eigenvalue weighted by Gasteiger charge is -2.10. The number of carbonyl (C=O) groups excluding carboxylic acids is 2. The predicted octanol–water partition coefficient (Wildman–Crippen LogP) is 3.22. The number of ketones is 1. The summed E-state index contributed by atoms with van der Waals surface area (Å²) in [6.45, 7) is 1.41. The molecule has 0 saturated carbocycles. The van der Waals surface area contributed by atoms with E-state index < -0.39 is 34.1 Å². The maximum atomic E-state index is 12.6. The van der Waals surface area contributed by atoms with Crippen LogP contribution in [0.4, 0.5) is 0 Å². The van der Waals surface area contributed by atoms with Gasteiger partial charge in [-0.05, 0) is 30.7 Å². The average molecular weight is 439 g/mol. The molecule has 0 bridgehead atoms. The maximum Gasteiger partial charge on any atom is 0.342 e. The summed E-state index contributed by atoms with van der Waals surface area (Å²) in [4.78, 5) is 24.3. The van der Waals surface area contributed by atoms with Crippen molar-refractivity contribution in [3.63, 3.8) is 0 Å². The van der Waals surface area contributed by atoms with Gasteiger partial charge in [-0.25, -0.2) is 17.9 Å². The van der Waals surface area contributed by atoms with Gasteiger partial charge in [0.05, 0.1) is 4.90 Å². The van der Waals surface area contributed by atoms with Crippen LogP contribution >= 0.6 is 0 Å². The zero-order chi connectivity index (χ0) is 22.4. The number of phenols is 1. The molecule has 2 N–H and O–H groups in total. The molecule has 0 aliphatic carbocycles. The molecule has 3 aromatic rings. The summed E-state index contributed by atoms with van der Waals surface area (Å²) in [7, 11) is -3.95. The SMILES string of the molecule is Cc1ccc(C(=O)COC(=O)c2cc(S(=O)(=O)NCc3ccccc3)ccc2O)cc1. The highest BCUT2D eigenvalue weighted by Crippen LogP contribution is 2.22. The predicted molar refractivity (Wildman–Crippen MR) is 114 cm³/mol. The van der Waals surface area contributed by atoms with E-state index in [0.29, 0.717) is 5.56 Å². The Labute approximate surface area is 180 Å². The van der Waals surface area contributed by atoms with E-state index in [9.17, 15) is 23.1 Å². The van der Waals surface area contributed by atoms with Gasteiger partial charge >= 0.3 is 5.97 Å². The van der Waals surface area contributed by atoms with Crippen LogP contribution in [-0.2, 0) is 21.3 Å². The van der Waals surface area contributed by atoms with Gasteiger partial charge < -0.3 is 9.84 Å². The van der Waals surface area contributed by atoms with Crippen LogP contribution in [0.3, 0.4) is 0 Å². The summed E-state index contributed by atoms with van der Waals surface area (Å²) >= 11 is 0. The van der Waals surface area contributed by atoms with Crippen LogP contribution in [0.1, 0.15) is 31.8 Å². The molecule has 3 rings (SSSR count). The highest BCUT2D eigenvalue weighted by atomic mass is 32.2. The highest BCUT2D eigenvalue weighted by Gasteiger charge is 2.21. The van der Waals surface area contributed by atoms with Crippen LogP contribution in [0.15, 0.2) is 77.7 Å². The number of sulfonamides is 1. The highest BCUT2D eigenvalue weighted by molar-refractivity contribution is 7.89. The Kier molecular flexibility index (Phi) is 6.84. The molecular weight excluding hydrogens is 418 g/mol. The van der Waals surface area contributed by atoms with Crippen molar-refractivity contribution < 1.29 is 27.9 Å². The Bertz CT molecular complexity index is 1190. The van der Waals surface area contributed by atoms with Gasteiger partial charge in [0.2, 0.25) is 10.0 Å². The molecule has 0 fully saturated rings. The van der Waals surface area contributed by atoms with Gasteiger partial charge in [0.25, 0.3) is 0 Å². The second kappa shape index (κ2) is 9.55. The number of Topliss-reactive ketones (excluding diaryl/α,β-unsaturated/α-hetero) is 1. The van der Waals surface area contributed by atoms with Crippen molar-refractivity contribution in [1.82, 2.24) is 4.72 Å². The number of aryl methyl sites for hydroxylation is 1. The summed E-state index contributed by atoms with van der Waals surface area (Å²) in [5.74, 6) is -1.87. The summed E-state index contributed by atoms with van der Waals surface area (Å²) in [5, 5.41) is 9.99. The molecule has 0 atom stereocenters. The van der Waals surface area contributed by atoms with E-state index in [-0.39, 0.29) is 17.0 Å². The van der Waals surface area contributed by atoms with Crippen molar-refractivity contribution in [3.05, 3.63) is 95.1 Å². The van der Waals surface area contributed by atoms with E-state index in [4.69, 9.17) is 4.74 Å². The topological polar surface area (TPSA) is 110 Å². The molecule has 0 amide bonds. The fraction of sp³-hybridized carbons (Fsp3) is 0.130. The van der Waals surface area contributed by atoms with Crippen LogP contribution in [-0.4, -0.2) is 31.9 Å². The molecule has 0 aliphatic heterocycles. The Balaban J connectivity index is 1.70. The second-order valence-corrected chi connectivity index (χ2v) is 8.62. The minimum atomic E-state index is -3.95. The zero-order valence-electron chi connectivity index (χ0n) is 16.7. The summed E-state index contributed by atoms with van der Waals surface area (Å²) < 4.78 is 32.6. The molecule has 7 nitrogen and oxygen atoms in total. The molecule has 0 spiro atoms. The number of aromatic hydroxyl groups is 1. The third kappa shape index (κ3) is 5.78. The standard InChI is InChI=1S/C23H21NO6S/c1-16-7-9-18(10-8-16)22(26)15-30-23(27)20-13-19(11-12-21(20)25)31(28,29)24-14-17-5-3-2-4-6-17/h2-13,24-25H,14-15H2,1H3. The van der Waals surface area contributed by atoms with Crippen LogP contribution in [0.25, 0.3) is 0 Å². The number of nitrogens with one attached hydrogen (secondary N) is 1. The van der Waals surface area contributed by atoms with E-state index in [2.05, 4.69) is 4.72 Å². The Hall–Kier alpha value is -3.49. The number of hydrogen-bond acceptors (Lipinski definition) is 6. The van der Waals surface area contributed by atoms with Gasteiger partial charge in [-0.15, -0.1) is 0 Å². The molecule has 31 heavy (non-hydrogen) atoms. The lowest BCUT2D eigenvalue weighted by molar-refractivity contribution is 0.0471. The van der Waals surface area contributed by atoms with Gasteiger partial charge in [0.1, 0.15) is 11.3 Å². The number of rotatable bonds is 8. The quantitative estimate of drug-likeness (QED) is 0.412. The number of esters is 1. The van der Waals surface area contributed by atoms with Gasteiger partial charge in [-0.1, -0.05) is 60.2 Å². The first kappa shape index (κ1) is 22.2. The molecule has 0 aliphatic rings. The minimum absolute atomic E-state index is 0.0644. The first-order valence-corrected chi connectivity index (χ1v) is 10.9. The van der Waals surface area contributed by atoms with E-state index in [1.807, 2.05) is 13.0 Å². The fourth-order valence-corrected chi connectivity index (χ4v) is 3.78. The molecular formula is C23H21NO6S. The van der Waals surface area contributed by atoms with E-state index >= 15 is 0 Å². The molecule has 0 aromatic heterocycles. The molecule has 0 unspecified atom stereocenters. The van der Waals surface area contributed by atoms with Crippen molar-refractivity contribution in [2.75, 3.05) is 6.61 Å². The summed E-state index contributed by atoms with van der Waals surface area (Å²) in [6, 6.07) is 19.0. The van der Waals surface area contributed by atoms with Crippen molar-refractivity contribution in [2.45, 2.75) is 18.4 Å². The Morgan fingerprint density at radius 2 is 1.65 bits per heavy atom. The number of carbonyl (C=O) groups is 2. The number of phenolic OH excluding ortho intramolecular Hbond substituents is 1. The van der Waals surface area contributed by atoms with Crippen LogP contribution in [0.5, 0.6) is 5.75 Å². The first-order valence-electron chi connectivity index (χ1n) is 9.40. The van der Waals surface area contributed by atoms with Crippen molar-refractivity contribution >= 4 is 21.8 Å². The summed E-state index contributed by atoms with van der Waals surface area (Å²) in [5.41, 5.74) is 1.78. The lowest BCUT2D eigenvalue weighted by atomic mass is 10.1. The first-order chi connectivity index (χ1) is 14.8. The Morgan fingerprint density at radius 3 is 2.32 bits per heavy atom. The fourth-order valence-electron chi connectivity index (χ4n) is 2.73. The number of ether oxygens (including phenoxy) is 1. The van der Waals surface area contributed by atoms with Gasteiger partial charge in [0, 0.05) is 12.1 Å². The molecule has 0 radical (unpaired) electrons. The average Bonchev–Trinajstić information content (AvgIpc) is 2.77. The monoisotopic (exact) mass is 439 g/mol. The lowest BCUT2D eigenvalue weighted by Crippen LogP contribution is -2.23. The molecule has 3 aromatic carbocycles. The number of benzene rings is 3. The minimum Gasteiger partial charge on any atom is -0.507 e. The van der Waals surface area contributed by atoms with Gasteiger partial charge in [0.15, 0.2) is 12.4 Å². The number of hydrogen-bond donors (Lipinski definition) is 2. The largest absolute Gasteiger partial charge is 0.507 e. The normalized spacial score (nSPS) is 11.1. The van der Waals surface area contributed by atoms with Crippen LogP contribution in [0, 0.1) is 6.92 Å². The second-order valence-electron chi connectivity index (χ2n) is 6.85. The molecule has 0 saturated heterocycles. The zero-order valence-corrected chi connectivity index (χ0v) is 17.6. The van der Waals surface area contributed by atoms with Crippen molar-refractivity contribution in [3.8, 4) is 5.75 Å². The van der Waals surface area contributed by atoms with E-state index in [1.54, 1.807) is 48.5 Å². The third-order valence-electron chi connectivity index (χ3n) is 4.52. The van der Waals surface area contributed by atoms with E-state index in [1.165, 1.54) is 6.07 Å². The smallest absolute Gasteiger partial charge is 0.342 e. The Morgan fingerprint density at radius 1 is 0.968 bits per heavy atom. The van der Waals surface area contributed by atoms with Crippen molar-refractivity contribution in [2.24, 2.45) is 0 Å². The van der Waals surface area contributed by atoms with Gasteiger partial charge in [-0.3, -0.25) is 4.79 Å². The summed E-state index contributed by atoms with van der Waals surface area (Å²) in [6.07, 6.45) is 0. The molecule has 160 valence electrons. The molecule has 8 heteroatoms. The van der Waals surface area contributed by atoms with Gasteiger partial charge in [-0.2, -0.15) is 0 Å². The third-order valence-corrected chi connectivity index (χ3v) is 5.91. The van der Waals surface area contributed by atoms with Crippen LogP contribution < -0.4 is 4.72 Å². The van der Waals surface area contributed by atoms with Crippen LogP contribution in [0.2, 0.25) is 0 Å². The van der Waals surface area contributed by atoms with E-state index in [0.717, 1.165) is 23.3 Å².